The Hall–Kier alpha value is -0.610. The Labute approximate surface area is 61.5 Å². The summed E-state index contributed by atoms with van der Waals surface area (Å²) in [5.41, 5.74) is 0. The molecule has 0 spiro atoms. The Balaban J connectivity index is 3.88. The van der Waals surface area contributed by atoms with Crippen LogP contribution < -0.4 is 5.84 Å². The number of carbonyl (C=O) groups excluding carboxylic acids is 1. The molecule has 0 aromatic heterocycles. The molecule has 0 rings (SSSR count). The van der Waals surface area contributed by atoms with Gasteiger partial charge < -0.3 is 0 Å². The van der Waals surface area contributed by atoms with Gasteiger partial charge in [-0.3, -0.25) is 4.79 Å². The zero-order valence-corrected chi connectivity index (χ0v) is 6.79. The first kappa shape index (κ1) is 9.39. The highest BCUT2D eigenvalue weighted by molar-refractivity contribution is 5.71. The van der Waals surface area contributed by atoms with Crippen LogP contribution in [0.15, 0.2) is 0 Å². The smallest absolute Gasteiger partial charge is 0.248 e. The highest BCUT2D eigenvalue weighted by Crippen LogP contribution is 1.89. The summed E-state index contributed by atoms with van der Waals surface area (Å²) < 4.78 is 0. The molecule has 0 aliphatic carbocycles. The number of amides is 1. The van der Waals surface area contributed by atoms with Crippen molar-refractivity contribution in [3.05, 3.63) is 0 Å². The van der Waals surface area contributed by atoms with Crippen LogP contribution in [0.3, 0.4) is 0 Å². The second-order valence-corrected chi connectivity index (χ2v) is 2.00. The highest BCUT2D eigenvalue weighted by atomic mass is 16.2. The first-order valence-corrected chi connectivity index (χ1v) is 3.43. The van der Waals surface area contributed by atoms with Crippen molar-refractivity contribution < 1.29 is 4.79 Å². The number of hydrogen-bond acceptors (Lipinski definition) is 3. The molecular weight excluding hydrogens is 130 g/mol. The monoisotopic (exact) mass is 145 g/mol. The van der Waals surface area contributed by atoms with Crippen LogP contribution in [0.5, 0.6) is 0 Å². The third kappa shape index (κ3) is 2.33. The number of rotatable bonds is 3. The van der Waals surface area contributed by atoms with Crippen molar-refractivity contribution in [1.82, 2.24) is 10.1 Å². The number of hydrogen-bond donors (Lipinski definition) is 1. The second kappa shape index (κ2) is 4.24. The normalized spacial score (nSPS) is 10.1. The van der Waals surface area contributed by atoms with Gasteiger partial charge in [-0.1, -0.05) is 13.8 Å². The van der Waals surface area contributed by atoms with Crippen molar-refractivity contribution in [3.63, 3.8) is 0 Å². The van der Waals surface area contributed by atoms with Crippen LogP contribution >= 0.6 is 0 Å². The molecule has 0 aromatic carbocycles. The molecule has 0 saturated carbocycles. The fraction of sp³-hybridized carbons (Fsp3) is 0.833. The molecule has 0 unspecified atom stereocenters. The van der Waals surface area contributed by atoms with Crippen molar-refractivity contribution in [1.29, 1.82) is 0 Å². The molecule has 0 bridgehead atoms. The van der Waals surface area contributed by atoms with Crippen LogP contribution in [0, 0.1) is 0 Å². The Morgan fingerprint density at radius 3 is 1.90 bits per heavy atom. The standard InChI is InChI=1S/C6H15N3O/c1-4-8(5-2)9(7)6(3)10/h4-5,7H2,1-3H3. The fourth-order valence-electron chi connectivity index (χ4n) is 0.727. The number of hydrazine groups is 2. The van der Waals surface area contributed by atoms with E-state index >= 15 is 0 Å². The van der Waals surface area contributed by atoms with Crippen LogP contribution in [-0.2, 0) is 4.79 Å². The maximum Gasteiger partial charge on any atom is 0.248 e. The quantitative estimate of drug-likeness (QED) is 0.344. The molecule has 0 atom stereocenters. The molecule has 0 fully saturated rings. The van der Waals surface area contributed by atoms with Gasteiger partial charge in [0, 0.05) is 20.0 Å². The van der Waals surface area contributed by atoms with Crippen LogP contribution in [-0.4, -0.2) is 29.1 Å². The maximum atomic E-state index is 10.7. The van der Waals surface area contributed by atoms with Gasteiger partial charge in [0.25, 0.3) is 0 Å². The predicted octanol–water partition coefficient (Wildman–Crippen LogP) is -0.0346. The molecule has 0 aromatic rings. The zero-order chi connectivity index (χ0) is 8.15. The summed E-state index contributed by atoms with van der Waals surface area (Å²) in [6.07, 6.45) is 0. The van der Waals surface area contributed by atoms with E-state index in [9.17, 15) is 4.79 Å². The molecule has 4 heteroatoms. The average molecular weight is 145 g/mol. The lowest BCUT2D eigenvalue weighted by Crippen LogP contribution is -2.49. The minimum absolute atomic E-state index is 0.135. The highest BCUT2D eigenvalue weighted by Gasteiger charge is 2.08. The van der Waals surface area contributed by atoms with Crippen LogP contribution in [0.2, 0.25) is 0 Å². The zero-order valence-electron chi connectivity index (χ0n) is 6.79. The predicted molar refractivity (Wildman–Crippen MR) is 39.6 cm³/mol. The molecule has 0 aliphatic heterocycles. The van der Waals surface area contributed by atoms with Crippen molar-refractivity contribution >= 4 is 5.91 Å². The van der Waals surface area contributed by atoms with E-state index in [1.54, 1.807) is 5.01 Å². The van der Waals surface area contributed by atoms with Gasteiger partial charge in [0.1, 0.15) is 0 Å². The summed E-state index contributed by atoms with van der Waals surface area (Å²) in [7, 11) is 0. The van der Waals surface area contributed by atoms with Gasteiger partial charge in [-0.15, -0.1) is 0 Å². The average Bonchev–Trinajstić information content (AvgIpc) is 1.90. The second-order valence-electron chi connectivity index (χ2n) is 2.00. The van der Waals surface area contributed by atoms with Gasteiger partial charge in [-0.05, 0) is 0 Å². The molecular formula is C6H15N3O. The first-order chi connectivity index (χ1) is 4.63. The topological polar surface area (TPSA) is 49.6 Å². The largest absolute Gasteiger partial charge is 0.272 e. The minimum Gasteiger partial charge on any atom is -0.272 e. The SMILES string of the molecule is CCN(CC)N(N)C(C)=O. The van der Waals surface area contributed by atoms with Gasteiger partial charge in [0.15, 0.2) is 0 Å². The Bertz CT molecular complexity index is 112. The van der Waals surface area contributed by atoms with Crippen molar-refractivity contribution in [3.8, 4) is 0 Å². The van der Waals surface area contributed by atoms with Gasteiger partial charge in [-0.2, -0.15) is 0 Å². The lowest BCUT2D eigenvalue weighted by atomic mass is 10.6. The van der Waals surface area contributed by atoms with Crippen molar-refractivity contribution in [2.75, 3.05) is 13.1 Å². The van der Waals surface area contributed by atoms with Crippen molar-refractivity contribution in [2.45, 2.75) is 20.8 Å². The molecule has 10 heavy (non-hydrogen) atoms. The Kier molecular flexibility index (Phi) is 3.99. The van der Waals surface area contributed by atoms with E-state index in [2.05, 4.69) is 0 Å². The maximum absolute atomic E-state index is 10.7. The van der Waals surface area contributed by atoms with Crippen LogP contribution in [0.4, 0.5) is 0 Å². The number of nitrogens with zero attached hydrogens (tertiary/aromatic N) is 2. The molecule has 1 amide bonds. The van der Waals surface area contributed by atoms with E-state index in [0.717, 1.165) is 18.2 Å². The molecule has 0 saturated heterocycles. The fourth-order valence-corrected chi connectivity index (χ4v) is 0.727. The number of nitrogens with two attached hydrogens (primary N) is 1. The summed E-state index contributed by atoms with van der Waals surface area (Å²) in [5.74, 6) is 5.26. The van der Waals surface area contributed by atoms with E-state index in [4.69, 9.17) is 5.84 Å². The molecule has 4 nitrogen and oxygen atoms in total. The third-order valence-electron chi connectivity index (χ3n) is 1.36. The summed E-state index contributed by atoms with van der Waals surface area (Å²) in [6, 6.07) is 0. The van der Waals surface area contributed by atoms with E-state index in [0.29, 0.717) is 0 Å². The van der Waals surface area contributed by atoms with E-state index in [-0.39, 0.29) is 5.91 Å². The van der Waals surface area contributed by atoms with Gasteiger partial charge >= 0.3 is 0 Å². The summed E-state index contributed by atoms with van der Waals surface area (Å²) in [5, 5.41) is 2.89. The van der Waals surface area contributed by atoms with E-state index < -0.39 is 0 Å². The summed E-state index contributed by atoms with van der Waals surface area (Å²) >= 11 is 0. The summed E-state index contributed by atoms with van der Waals surface area (Å²) in [6.45, 7) is 6.86. The number of carbonyl (C=O) groups is 1. The third-order valence-corrected chi connectivity index (χ3v) is 1.36. The molecule has 0 aliphatic rings. The minimum atomic E-state index is -0.135. The lowest BCUT2D eigenvalue weighted by Gasteiger charge is -2.27. The molecule has 60 valence electrons. The Morgan fingerprint density at radius 2 is 1.80 bits per heavy atom. The Morgan fingerprint density at radius 1 is 1.40 bits per heavy atom. The summed E-state index contributed by atoms with van der Waals surface area (Å²) in [4.78, 5) is 10.7. The lowest BCUT2D eigenvalue weighted by molar-refractivity contribution is -0.146. The van der Waals surface area contributed by atoms with Crippen LogP contribution in [0.1, 0.15) is 20.8 Å². The molecule has 0 heterocycles. The van der Waals surface area contributed by atoms with E-state index in [1.165, 1.54) is 6.92 Å². The van der Waals surface area contributed by atoms with Gasteiger partial charge in [0.05, 0.1) is 0 Å². The molecule has 0 radical (unpaired) electrons. The van der Waals surface area contributed by atoms with Crippen LogP contribution in [0.25, 0.3) is 0 Å². The molecule has 2 N–H and O–H groups in total. The van der Waals surface area contributed by atoms with E-state index in [1.807, 2.05) is 13.8 Å². The van der Waals surface area contributed by atoms with Crippen molar-refractivity contribution in [2.24, 2.45) is 5.84 Å². The first-order valence-electron chi connectivity index (χ1n) is 3.43. The van der Waals surface area contributed by atoms with Gasteiger partial charge in [0.2, 0.25) is 5.91 Å². The van der Waals surface area contributed by atoms with Gasteiger partial charge in [-0.25, -0.2) is 16.0 Å².